The second-order valence-electron chi connectivity index (χ2n) is 4.13. The van der Waals surface area contributed by atoms with Gasteiger partial charge in [-0.3, -0.25) is 0 Å². The minimum Gasteiger partial charge on any atom is -0.345 e. The van der Waals surface area contributed by atoms with E-state index in [4.69, 9.17) is 0 Å². The van der Waals surface area contributed by atoms with Crippen LogP contribution in [0.15, 0.2) is 47.8 Å². The lowest BCUT2D eigenvalue weighted by atomic mass is 10.3. The smallest absolute Gasteiger partial charge is 0.248 e. The van der Waals surface area contributed by atoms with Crippen LogP contribution < -0.4 is 5.32 Å². The highest BCUT2D eigenvalue weighted by Crippen LogP contribution is 2.22. The van der Waals surface area contributed by atoms with Crippen molar-refractivity contribution in [2.75, 3.05) is 5.32 Å². The molecule has 5 nitrogen and oxygen atoms in total. The third-order valence-corrected chi connectivity index (χ3v) is 3.84. The minimum absolute atomic E-state index is 0.175. The molecule has 0 fully saturated rings. The summed E-state index contributed by atoms with van der Waals surface area (Å²) in [7, 11) is 0. The van der Waals surface area contributed by atoms with Gasteiger partial charge in [-0.2, -0.15) is 4.68 Å². The second kappa shape index (κ2) is 5.19. The van der Waals surface area contributed by atoms with Gasteiger partial charge < -0.3 is 5.32 Å². The topological polar surface area (TPSA) is 55.6 Å². The highest BCUT2D eigenvalue weighted by atomic mass is 32.1. The van der Waals surface area contributed by atoms with Gasteiger partial charge in [-0.1, -0.05) is 29.4 Å². The van der Waals surface area contributed by atoms with E-state index in [0.29, 0.717) is 5.95 Å². The first kappa shape index (κ1) is 11.9. The predicted octanol–water partition coefficient (Wildman–Crippen LogP) is 2.90. The van der Waals surface area contributed by atoms with Crippen molar-refractivity contribution in [3.8, 4) is 5.69 Å². The van der Waals surface area contributed by atoms with Crippen LogP contribution in [0.1, 0.15) is 17.8 Å². The van der Waals surface area contributed by atoms with Gasteiger partial charge in [0.05, 0.1) is 11.7 Å². The zero-order valence-electron chi connectivity index (χ0n) is 10.4. The molecule has 1 atom stereocenters. The molecule has 6 heteroatoms. The van der Waals surface area contributed by atoms with Crippen LogP contribution in [0.4, 0.5) is 5.95 Å². The maximum Gasteiger partial charge on any atom is 0.248 e. The first-order chi connectivity index (χ1) is 9.34. The lowest BCUT2D eigenvalue weighted by Crippen LogP contribution is -2.10. The van der Waals surface area contributed by atoms with E-state index in [2.05, 4.69) is 39.2 Å². The molecule has 1 N–H and O–H groups in total. The van der Waals surface area contributed by atoms with E-state index < -0.39 is 0 Å². The minimum atomic E-state index is 0.175. The average molecular weight is 271 g/mol. The Labute approximate surface area is 114 Å². The lowest BCUT2D eigenvalue weighted by molar-refractivity contribution is 0.782. The summed E-state index contributed by atoms with van der Waals surface area (Å²) in [6.45, 7) is 2.09. The maximum absolute atomic E-state index is 4.04. The summed E-state index contributed by atoms with van der Waals surface area (Å²) in [6, 6.07) is 14.1. The Balaban J connectivity index is 1.85. The predicted molar refractivity (Wildman–Crippen MR) is 75.5 cm³/mol. The highest BCUT2D eigenvalue weighted by molar-refractivity contribution is 7.10. The number of anilines is 1. The van der Waals surface area contributed by atoms with Crippen LogP contribution in [0.2, 0.25) is 0 Å². The molecule has 1 aromatic carbocycles. The van der Waals surface area contributed by atoms with E-state index in [9.17, 15) is 0 Å². The van der Waals surface area contributed by atoms with Gasteiger partial charge in [0.25, 0.3) is 0 Å². The summed E-state index contributed by atoms with van der Waals surface area (Å²) in [5.74, 6) is 0.645. The fourth-order valence-corrected chi connectivity index (χ4v) is 2.56. The van der Waals surface area contributed by atoms with Gasteiger partial charge in [-0.15, -0.1) is 11.3 Å². The Hall–Kier alpha value is -2.21. The molecule has 2 aromatic heterocycles. The Kier molecular flexibility index (Phi) is 3.24. The quantitative estimate of drug-likeness (QED) is 0.792. The molecule has 0 spiro atoms. The Morgan fingerprint density at radius 2 is 2.00 bits per heavy atom. The van der Waals surface area contributed by atoms with Crippen LogP contribution in [0.3, 0.4) is 0 Å². The summed E-state index contributed by atoms with van der Waals surface area (Å²) >= 11 is 1.71. The molecule has 19 heavy (non-hydrogen) atoms. The van der Waals surface area contributed by atoms with Crippen molar-refractivity contribution in [2.24, 2.45) is 0 Å². The van der Waals surface area contributed by atoms with Crippen molar-refractivity contribution in [1.82, 2.24) is 20.2 Å². The molecule has 2 heterocycles. The molecule has 96 valence electrons. The van der Waals surface area contributed by atoms with E-state index in [0.717, 1.165) is 5.69 Å². The van der Waals surface area contributed by atoms with E-state index in [1.807, 2.05) is 36.4 Å². The first-order valence-corrected chi connectivity index (χ1v) is 6.86. The number of hydrogen-bond acceptors (Lipinski definition) is 5. The third kappa shape index (κ3) is 2.48. The summed E-state index contributed by atoms with van der Waals surface area (Å²) in [4.78, 5) is 1.25. The molecule has 0 saturated carbocycles. The van der Waals surface area contributed by atoms with Crippen LogP contribution in [0.5, 0.6) is 0 Å². The van der Waals surface area contributed by atoms with Crippen LogP contribution >= 0.6 is 11.3 Å². The molecule has 0 aliphatic heterocycles. The number of para-hydroxylation sites is 1. The van der Waals surface area contributed by atoms with E-state index in [-0.39, 0.29) is 6.04 Å². The Bertz CT molecular complexity index is 632. The van der Waals surface area contributed by atoms with Gasteiger partial charge in [-0.25, -0.2) is 0 Å². The van der Waals surface area contributed by atoms with Gasteiger partial charge in [0.15, 0.2) is 0 Å². The largest absolute Gasteiger partial charge is 0.345 e. The van der Waals surface area contributed by atoms with Gasteiger partial charge in [-0.05, 0) is 40.9 Å². The fourth-order valence-electron chi connectivity index (χ4n) is 1.82. The second-order valence-corrected chi connectivity index (χ2v) is 5.11. The van der Waals surface area contributed by atoms with Crippen LogP contribution in [-0.4, -0.2) is 20.2 Å². The average Bonchev–Trinajstić information content (AvgIpc) is 3.11. The molecule has 0 radical (unpaired) electrons. The number of thiophene rings is 1. The van der Waals surface area contributed by atoms with Crippen LogP contribution in [0.25, 0.3) is 5.69 Å². The van der Waals surface area contributed by atoms with Crippen molar-refractivity contribution in [3.63, 3.8) is 0 Å². The summed E-state index contributed by atoms with van der Waals surface area (Å²) in [5.41, 5.74) is 0.938. The Morgan fingerprint density at radius 1 is 1.16 bits per heavy atom. The number of nitrogens with zero attached hydrogens (tertiary/aromatic N) is 4. The molecule has 3 aromatic rings. The lowest BCUT2D eigenvalue weighted by Gasteiger charge is -2.12. The standard InChI is InChI=1S/C13H13N5S/c1-10(12-8-5-9-19-12)14-13-15-16-17-18(13)11-6-3-2-4-7-11/h2-10H,1H3,(H,14,15,17). The van der Waals surface area contributed by atoms with Gasteiger partial charge in [0, 0.05) is 4.88 Å². The van der Waals surface area contributed by atoms with Crippen molar-refractivity contribution in [1.29, 1.82) is 0 Å². The molecule has 0 aliphatic carbocycles. The number of hydrogen-bond donors (Lipinski definition) is 1. The fraction of sp³-hybridized carbons (Fsp3) is 0.154. The van der Waals surface area contributed by atoms with Crippen LogP contribution in [-0.2, 0) is 0 Å². The summed E-state index contributed by atoms with van der Waals surface area (Å²) in [5, 5.41) is 17.2. The molecular formula is C13H13N5S. The summed E-state index contributed by atoms with van der Waals surface area (Å²) in [6.07, 6.45) is 0. The number of nitrogens with one attached hydrogen (secondary N) is 1. The van der Waals surface area contributed by atoms with Gasteiger partial charge in [0.2, 0.25) is 5.95 Å². The zero-order chi connectivity index (χ0) is 13.1. The van der Waals surface area contributed by atoms with E-state index in [1.54, 1.807) is 16.0 Å². The van der Waals surface area contributed by atoms with Crippen molar-refractivity contribution in [3.05, 3.63) is 52.7 Å². The monoisotopic (exact) mass is 271 g/mol. The van der Waals surface area contributed by atoms with Crippen molar-refractivity contribution < 1.29 is 0 Å². The first-order valence-electron chi connectivity index (χ1n) is 5.98. The van der Waals surface area contributed by atoms with Gasteiger partial charge >= 0.3 is 0 Å². The van der Waals surface area contributed by atoms with Gasteiger partial charge in [0.1, 0.15) is 0 Å². The number of rotatable bonds is 4. The SMILES string of the molecule is CC(Nc1nnnn1-c1ccccc1)c1cccs1. The van der Waals surface area contributed by atoms with Crippen molar-refractivity contribution in [2.45, 2.75) is 13.0 Å². The van der Waals surface area contributed by atoms with Crippen molar-refractivity contribution >= 4 is 17.3 Å². The molecule has 0 bridgehead atoms. The molecule has 0 amide bonds. The number of benzene rings is 1. The Morgan fingerprint density at radius 3 is 2.74 bits per heavy atom. The van der Waals surface area contributed by atoms with Crippen LogP contribution in [0, 0.1) is 0 Å². The zero-order valence-corrected chi connectivity index (χ0v) is 11.2. The summed E-state index contributed by atoms with van der Waals surface area (Å²) < 4.78 is 1.70. The van der Waals surface area contributed by atoms with E-state index in [1.165, 1.54) is 4.88 Å². The third-order valence-electron chi connectivity index (χ3n) is 2.79. The molecule has 3 rings (SSSR count). The molecular weight excluding hydrogens is 258 g/mol. The molecule has 0 saturated heterocycles. The normalized spacial score (nSPS) is 12.3. The number of tetrazole rings is 1. The molecule has 0 aliphatic rings. The maximum atomic E-state index is 4.04. The molecule has 1 unspecified atom stereocenters. The highest BCUT2D eigenvalue weighted by Gasteiger charge is 2.12. The number of aromatic nitrogens is 4. The van der Waals surface area contributed by atoms with E-state index >= 15 is 0 Å².